The zero-order valence-corrected chi connectivity index (χ0v) is 9.51. The van der Waals surface area contributed by atoms with Crippen molar-refractivity contribution in [1.82, 2.24) is 9.97 Å². The summed E-state index contributed by atoms with van der Waals surface area (Å²) in [6.45, 7) is 0. The highest BCUT2D eigenvalue weighted by atomic mass is 32.2. The van der Waals surface area contributed by atoms with Gasteiger partial charge in [0.2, 0.25) is 5.56 Å². The Balaban J connectivity index is 2.32. The van der Waals surface area contributed by atoms with Gasteiger partial charge in [0.1, 0.15) is 4.90 Å². The SMILES string of the molecule is O=c1ccc(S(=O)(=O)Nc2nccs2)c[nH]1. The maximum atomic E-state index is 11.7. The Morgan fingerprint density at radius 3 is 2.75 bits per heavy atom. The third kappa shape index (κ3) is 2.28. The summed E-state index contributed by atoms with van der Waals surface area (Å²) in [7, 11) is -3.67. The standard InChI is InChI=1S/C8H7N3O3S2/c12-7-2-1-6(5-10-7)16(13,14)11-8-9-3-4-15-8/h1-5H,(H,9,11)(H,10,12). The number of rotatable bonds is 3. The Hall–Kier alpha value is -1.67. The zero-order chi connectivity index (χ0) is 11.6. The molecule has 0 aromatic carbocycles. The van der Waals surface area contributed by atoms with E-state index in [1.165, 1.54) is 23.6 Å². The lowest BCUT2D eigenvalue weighted by molar-refractivity contribution is 0.600. The number of pyridine rings is 1. The van der Waals surface area contributed by atoms with Gasteiger partial charge in [0.25, 0.3) is 10.0 Å². The summed E-state index contributed by atoms with van der Waals surface area (Å²) in [6.07, 6.45) is 2.63. The first-order chi connectivity index (χ1) is 7.58. The molecule has 0 aliphatic heterocycles. The molecule has 2 rings (SSSR count). The zero-order valence-electron chi connectivity index (χ0n) is 7.88. The van der Waals surface area contributed by atoms with Gasteiger partial charge in [-0.05, 0) is 6.07 Å². The molecule has 0 bridgehead atoms. The van der Waals surface area contributed by atoms with Gasteiger partial charge in [-0.2, -0.15) is 0 Å². The van der Waals surface area contributed by atoms with E-state index in [-0.39, 0.29) is 15.6 Å². The minimum atomic E-state index is -3.67. The monoisotopic (exact) mass is 257 g/mol. The van der Waals surface area contributed by atoms with E-state index >= 15 is 0 Å². The number of thiazole rings is 1. The van der Waals surface area contributed by atoms with Crippen molar-refractivity contribution in [2.24, 2.45) is 0 Å². The molecule has 2 heterocycles. The number of hydrogen-bond donors (Lipinski definition) is 2. The summed E-state index contributed by atoms with van der Waals surface area (Å²) in [6, 6.07) is 2.38. The second kappa shape index (κ2) is 4.06. The van der Waals surface area contributed by atoms with Gasteiger partial charge >= 0.3 is 0 Å². The summed E-state index contributed by atoms with van der Waals surface area (Å²) in [5.74, 6) is 0. The van der Waals surface area contributed by atoms with Crippen molar-refractivity contribution >= 4 is 26.5 Å². The Kier molecular flexibility index (Phi) is 2.75. The molecule has 0 aliphatic rings. The first-order valence-electron chi connectivity index (χ1n) is 4.19. The molecule has 84 valence electrons. The highest BCUT2D eigenvalue weighted by Crippen LogP contribution is 2.16. The maximum absolute atomic E-state index is 11.7. The van der Waals surface area contributed by atoms with Gasteiger partial charge < -0.3 is 4.98 Å². The predicted molar refractivity (Wildman–Crippen MR) is 60.0 cm³/mol. The van der Waals surface area contributed by atoms with Crippen molar-refractivity contribution in [2.45, 2.75) is 4.90 Å². The van der Waals surface area contributed by atoms with Gasteiger partial charge in [0, 0.05) is 23.8 Å². The van der Waals surface area contributed by atoms with E-state index in [9.17, 15) is 13.2 Å². The molecule has 6 nitrogen and oxygen atoms in total. The van der Waals surface area contributed by atoms with E-state index in [0.717, 1.165) is 12.3 Å². The fourth-order valence-corrected chi connectivity index (χ4v) is 2.77. The molecule has 0 saturated heterocycles. The Morgan fingerprint density at radius 2 is 2.19 bits per heavy atom. The molecule has 0 aliphatic carbocycles. The van der Waals surface area contributed by atoms with Crippen LogP contribution in [0.2, 0.25) is 0 Å². The van der Waals surface area contributed by atoms with Crippen LogP contribution in [0.4, 0.5) is 5.13 Å². The second-order valence-corrected chi connectivity index (χ2v) is 5.41. The molecule has 0 amide bonds. The lowest BCUT2D eigenvalue weighted by atomic mass is 10.5. The van der Waals surface area contributed by atoms with E-state index in [1.54, 1.807) is 5.38 Å². The van der Waals surface area contributed by atoms with Crippen molar-refractivity contribution in [3.8, 4) is 0 Å². The van der Waals surface area contributed by atoms with Gasteiger partial charge in [-0.25, -0.2) is 13.4 Å². The summed E-state index contributed by atoms with van der Waals surface area (Å²) in [5, 5.41) is 1.94. The molecular formula is C8H7N3O3S2. The maximum Gasteiger partial charge on any atom is 0.265 e. The summed E-state index contributed by atoms with van der Waals surface area (Å²) >= 11 is 1.17. The van der Waals surface area contributed by atoms with Crippen LogP contribution < -0.4 is 10.3 Å². The third-order valence-electron chi connectivity index (χ3n) is 1.72. The normalized spacial score (nSPS) is 11.2. The molecule has 8 heteroatoms. The van der Waals surface area contributed by atoms with Gasteiger partial charge in [-0.1, -0.05) is 0 Å². The van der Waals surface area contributed by atoms with Gasteiger partial charge in [-0.3, -0.25) is 9.52 Å². The molecule has 2 aromatic rings. The summed E-state index contributed by atoms with van der Waals surface area (Å²) in [4.78, 5) is 16.9. The van der Waals surface area contributed by atoms with Crippen LogP contribution in [0, 0.1) is 0 Å². The van der Waals surface area contributed by atoms with Gasteiger partial charge in [-0.15, -0.1) is 11.3 Å². The van der Waals surface area contributed by atoms with E-state index in [4.69, 9.17) is 0 Å². The smallest absolute Gasteiger partial charge is 0.265 e. The third-order valence-corrected chi connectivity index (χ3v) is 3.87. The fourth-order valence-electron chi connectivity index (χ4n) is 1.01. The molecule has 2 aromatic heterocycles. The molecule has 0 saturated carbocycles. The lowest BCUT2D eigenvalue weighted by Gasteiger charge is -2.03. The van der Waals surface area contributed by atoms with Crippen molar-refractivity contribution in [2.75, 3.05) is 4.72 Å². The van der Waals surface area contributed by atoms with E-state index in [0.29, 0.717) is 0 Å². The fraction of sp³-hybridized carbons (Fsp3) is 0. The van der Waals surface area contributed by atoms with Crippen molar-refractivity contribution in [3.63, 3.8) is 0 Å². The molecule has 0 unspecified atom stereocenters. The van der Waals surface area contributed by atoms with Gasteiger partial charge in [0.15, 0.2) is 5.13 Å². The van der Waals surface area contributed by atoms with Crippen LogP contribution in [0.25, 0.3) is 0 Å². The molecule has 0 atom stereocenters. The second-order valence-electron chi connectivity index (χ2n) is 2.83. The van der Waals surface area contributed by atoms with Gasteiger partial charge in [0.05, 0.1) is 0 Å². The molecule has 0 fully saturated rings. The van der Waals surface area contributed by atoms with Crippen LogP contribution in [-0.4, -0.2) is 18.4 Å². The molecular weight excluding hydrogens is 250 g/mol. The highest BCUT2D eigenvalue weighted by Gasteiger charge is 2.14. The Bertz CT molecular complexity index is 610. The number of aromatic nitrogens is 2. The number of sulfonamides is 1. The number of H-pyrrole nitrogens is 1. The number of nitrogens with one attached hydrogen (secondary N) is 2. The number of anilines is 1. The Labute approximate surface area is 95.0 Å². The molecule has 0 radical (unpaired) electrons. The van der Waals surface area contributed by atoms with Crippen LogP contribution in [0.1, 0.15) is 0 Å². The van der Waals surface area contributed by atoms with Crippen molar-refractivity contribution in [1.29, 1.82) is 0 Å². The first-order valence-corrected chi connectivity index (χ1v) is 6.55. The average Bonchev–Trinajstić information content (AvgIpc) is 2.70. The largest absolute Gasteiger partial charge is 0.328 e. The minimum Gasteiger partial charge on any atom is -0.328 e. The van der Waals surface area contributed by atoms with Crippen LogP contribution >= 0.6 is 11.3 Å². The van der Waals surface area contributed by atoms with E-state index in [2.05, 4.69) is 14.7 Å². The van der Waals surface area contributed by atoms with Crippen LogP contribution in [0.5, 0.6) is 0 Å². The average molecular weight is 257 g/mol. The number of nitrogens with zero attached hydrogens (tertiary/aromatic N) is 1. The lowest BCUT2D eigenvalue weighted by Crippen LogP contribution is -2.14. The van der Waals surface area contributed by atoms with E-state index in [1.807, 2.05) is 0 Å². The molecule has 0 spiro atoms. The summed E-state index contributed by atoms with van der Waals surface area (Å²) in [5.41, 5.74) is -0.354. The van der Waals surface area contributed by atoms with Crippen LogP contribution in [-0.2, 0) is 10.0 Å². The molecule has 2 N–H and O–H groups in total. The summed E-state index contributed by atoms with van der Waals surface area (Å²) < 4.78 is 25.8. The van der Waals surface area contributed by atoms with Crippen molar-refractivity contribution in [3.05, 3.63) is 40.3 Å². The number of hydrogen-bond acceptors (Lipinski definition) is 5. The minimum absolute atomic E-state index is 0.0118. The van der Waals surface area contributed by atoms with Crippen LogP contribution in [0.3, 0.4) is 0 Å². The highest BCUT2D eigenvalue weighted by molar-refractivity contribution is 7.93. The van der Waals surface area contributed by atoms with Crippen molar-refractivity contribution < 1.29 is 8.42 Å². The van der Waals surface area contributed by atoms with Crippen LogP contribution in [0.15, 0.2) is 39.6 Å². The topological polar surface area (TPSA) is 91.9 Å². The van der Waals surface area contributed by atoms with E-state index < -0.39 is 10.0 Å². The molecule has 16 heavy (non-hydrogen) atoms. The number of aromatic amines is 1. The quantitative estimate of drug-likeness (QED) is 0.843. The predicted octanol–water partition coefficient (Wildman–Crippen LogP) is 0.632. The Morgan fingerprint density at radius 1 is 1.38 bits per heavy atom. The first kappa shape index (κ1) is 10.8.